The molecule has 2 nitrogen and oxygen atoms in total. The Balaban J connectivity index is 2.22. The molecule has 1 aliphatic rings. The topological polar surface area (TPSA) is 46.2 Å². The number of hydrogen-bond acceptors (Lipinski definition) is 3. The molecule has 1 heterocycles. The van der Waals surface area contributed by atoms with Crippen LogP contribution < -0.4 is 5.73 Å². The van der Waals surface area contributed by atoms with Crippen molar-refractivity contribution in [2.45, 2.75) is 25.3 Å². The number of nitrogens with two attached hydrogens (primary N) is 1. The summed E-state index contributed by atoms with van der Waals surface area (Å²) in [5.74, 6) is 0. The first-order valence-electron chi connectivity index (χ1n) is 4.79. The van der Waals surface area contributed by atoms with E-state index in [1.165, 1.54) is 0 Å². The number of aliphatic hydroxyl groups excluding tert-OH is 1. The Morgan fingerprint density at radius 3 is 2.71 bits per heavy atom. The molecule has 1 saturated carbocycles. The van der Waals surface area contributed by atoms with E-state index in [9.17, 15) is 5.11 Å². The molecule has 1 aromatic heterocycles. The molecule has 3 N–H and O–H groups in total. The van der Waals surface area contributed by atoms with Crippen LogP contribution in [0.4, 0.5) is 0 Å². The van der Waals surface area contributed by atoms with Gasteiger partial charge >= 0.3 is 0 Å². The average Bonchev–Trinajstić information content (AvgIpc) is 2.50. The van der Waals surface area contributed by atoms with Crippen molar-refractivity contribution >= 4 is 22.9 Å². The van der Waals surface area contributed by atoms with Crippen LogP contribution in [0.2, 0.25) is 5.02 Å². The lowest BCUT2D eigenvalue weighted by Crippen LogP contribution is -2.43. The van der Waals surface area contributed by atoms with E-state index in [2.05, 4.69) is 0 Å². The van der Waals surface area contributed by atoms with Gasteiger partial charge in [0.2, 0.25) is 0 Å². The lowest BCUT2D eigenvalue weighted by atomic mass is 9.64. The van der Waals surface area contributed by atoms with Crippen molar-refractivity contribution in [3.8, 4) is 0 Å². The summed E-state index contributed by atoms with van der Waals surface area (Å²) in [5.41, 5.74) is 6.05. The lowest BCUT2D eigenvalue weighted by Gasteiger charge is -2.44. The molecule has 4 heteroatoms. The van der Waals surface area contributed by atoms with Crippen molar-refractivity contribution < 1.29 is 5.11 Å². The van der Waals surface area contributed by atoms with Gasteiger partial charge in [-0.25, -0.2) is 0 Å². The highest BCUT2D eigenvalue weighted by Gasteiger charge is 2.43. The Kier molecular flexibility index (Phi) is 2.84. The highest BCUT2D eigenvalue weighted by atomic mass is 35.5. The first kappa shape index (κ1) is 10.4. The minimum Gasteiger partial charge on any atom is -0.396 e. The third-order valence-corrected chi connectivity index (χ3v) is 4.69. The second kappa shape index (κ2) is 3.81. The van der Waals surface area contributed by atoms with E-state index in [1.54, 1.807) is 11.3 Å². The van der Waals surface area contributed by atoms with Gasteiger partial charge < -0.3 is 10.8 Å². The van der Waals surface area contributed by atoms with Gasteiger partial charge in [-0.3, -0.25) is 0 Å². The van der Waals surface area contributed by atoms with Crippen molar-refractivity contribution in [3.05, 3.63) is 21.3 Å². The summed E-state index contributed by atoms with van der Waals surface area (Å²) in [6.45, 7) is 0.169. The maximum atomic E-state index is 9.38. The highest BCUT2D eigenvalue weighted by molar-refractivity contribution is 7.10. The third-order valence-electron chi connectivity index (χ3n) is 3.25. The molecule has 1 unspecified atom stereocenters. The fraction of sp³-hybridized carbons (Fsp3) is 0.600. The second-order valence-corrected chi connectivity index (χ2v) is 5.34. The molecule has 0 bridgehead atoms. The van der Waals surface area contributed by atoms with Crippen LogP contribution in [-0.2, 0) is 0 Å². The first-order chi connectivity index (χ1) is 6.69. The predicted octanol–water partition coefficient (Wildman–Crippen LogP) is 2.56. The van der Waals surface area contributed by atoms with Crippen LogP contribution >= 0.6 is 22.9 Å². The van der Waals surface area contributed by atoms with Gasteiger partial charge in [0, 0.05) is 16.3 Å². The van der Waals surface area contributed by atoms with E-state index in [-0.39, 0.29) is 18.1 Å². The van der Waals surface area contributed by atoms with E-state index in [1.807, 2.05) is 11.4 Å². The van der Waals surface area contributed by atoms with Gasteiger partial charge in [0.1, 0.15) is 0 Å². The van der Waals surface area contributed by atoms with Gasteiger partial charge in [0.05, 0.1) is 11.6 Å². The molecule has 0 aromatic carbocycles. The van der Waals surface area contributed by atoms with E-state index in [4.69, 9.17) is 17.3 Å². The van der Waals surface area contributed by atoms with Gasteiger partial charge in [-0.1, -0.05) is 18.0 Å². The summed E-state index contributed by atoms with van der Waals surface area (Å²) in [4.78, 5) is 1.01. The van der Waals surface area contributed by atoms with E-state index >= 15 is 0 Å². The smallest absolute Gasteiger partial charge is 0.0561 e. The Hall–Kier alpha value is -0.0900. The molecule has 1 atom stereocenters. The highest BCUT2D eigenvalue weighted by Crippen LogP contribution is 2.50. The fourth-order valence-electron chi connectivity index (χ4n) is 2.00. The molecule has 1 fully saturated rings. The molecule has 14 heavy (non-hydrogen) atoms. The van der Waals surface area contributed by atoms with E-state index in [0.29, 0.717) is 0 Å². The Morgan fingerprint density at radius 1 is 1.64 bits per heavy atom. The zero-order valence-corrected chi connectivity index (χ0v) is 9.44. The Morgan fingerprint density at radius 2 is 2.36 bits per heavy atom. The van der Waals surface area contributed by atoms with Crippen LogP contribution in [0.3, 0.4) is 0 Å². The molecular formula is C10H14ClNOS. The first-order valence-corrected chi connectivity index (χ1v) is 6.05. The number of halogens is 1. The van der Waals surface area contributed by atoms with Crippen LogP contribution in [0.15, 0.2) is 11.4 Å². The van der Waals surface area contributed by atoms with Crippen LogP contribution in [0.25, 0.3) is 0 Å². The molecule has 2 rings (SSSR count). The molecule has 0 saturated heterocycles. The fourth-order valence-corrected chi connectivity index (χ4v) is 3.32. The number of rotatable bonds is 3. The van der Waals surface area contributed by atoms with Gasteiger partial charge in [0.15, 0.2) is 0 Å². The summed E-state index contributed by atoms with van der Waals surface area (Å²) in [5, 5.41) is 12.1. The Labute approximate surface area is 92.7 Å². The molecule has 0 radical (unpaired) electrons. The maximum absolute atomic E-state index is 9.38. The zero-order chi connectivity index (χ0) is 10.2. The summed E-state index contributed by atoms with van der Waals surface area (Å²) in [7, 11) is 0. The van der Waals surface area contributed by atoms with Crippen molar-refractivity contribution in [2.75, 3.05) is 6.61 Å². The molecule has 0 amide bonds. The Bertz CT molecular complexity index is 316. The normalized spacial score (nSPS) is 21.6. The van der Waals surface area contributed by atoms with Crippen molar-refractivity contribution in [1.82, 2.24) is 0 Å². The monoisotopic (exact) mass is 231 g/mol. The third kappa shape index (κ3) is 1.48. The largest absolute Gasteiger partial charge is 0.396 e. The van der Waals surface area contributed by atoms with Crippen LogP contribution in [0, 0.1) is 5.41 Å². The molecule has 1 aliphatic carbocycles. The predicted molar refractivity (Wildman–Crippen MR) is 59.6 cm³/mol. The maximum Gasteiger partial charge on any atom is 0.0561 e. The van der Waals surface area contributed by atoms with E-state index < -0.39 is 0 Å². The minimum absolute atomic E-state index is 0.103. The van der Waals surface area contributed by atoms with Crippen LogP contribution in [0.5, 0.6) is 0 Å². The molecule has 0 spiro atoms. The summed E-state index contributed by atoms with van der Waals surface area (Å²) < 4.78 is 0. The minimum atomic E-state index is -0.103. The van der Waals surface area contributed by atoms with Crippen LogP contribution in [-0.4, -0.2) is 11.7 Å². The van der Waals surface area contributed by atoms with Crippen molar-refractivity contribution in [3.63, 3.8) is 0 Å². The molecule has 1 aromatic rings. The van der Waals surface area contributed by atoms with Crippen molar-refractivity contribution in [2.24, 2.45) is 11.1 Å². The number of aliphatic hydroxyl groups is 1. The van der Waals surface area contributed by atoms with Gasteiger partial charge in [-0.2, -0.15) is 0 Å². The summed E-state index contributed by atoms with van der Waals surface area (Å²) in [6.07, 6.45) is 3.19. The number of hydrogen-bond donors (Lipinski definition) is 2. The SMILES string of the molecule is NC(c1sccc1Cl)C1(CO)CCC1. The van der Waals surface area contributed by atoms with E-state index in [0.717, 1.165) is 29.2 Å². The van der Waals surface area contributed by atoms with Gasteiger partial charge in [-0.15, -0.1) is 11.3 Å². The molecule has 0 aliphatic heterocycles. The standard InChI is InChI=1S/C10H14ClNOS/c11-7-2-5-14-8(7)9(12)10(6-13)3-1-4-10/h2,5,9,13H,1,3-4,6,12H2. The van der Waals surface area contributed by atoms with Gasteiger partial charge in [-0.05, 0) is 24.3 Å². The van der Waals surface area contributed by atoms with Crippen molar-refractivity contribution in [1.29, 1.82) is 0 Å². The van der Waals surface area contributed by atoms with Gasteiger partial charge in [0.25, 0.3) is 0 Å². The van der Waals surface area contributed by atoms with Crippen LogP contribution in [0.1, 0.15) is 30.2 Å². The summed E-state index contributed by atoms with van der Waals surface area (Å²) >= 11 is 7.61. The second-order valence-electron chi connectivity index (χ2n) is 3.98. The summed E-state index contributed by atoms with van der Waals surface area (Å²) in [6, 6.07) is 1.76. The number of thiophene rings is 1. The lowest BCUT2D eigenvalue weighted by molar-refractivity contribution is 0.0195. The molecular weight excluding hydrogens is 218 g/mol. The zero-order valence-electron chi connectivity index (χ0n) is 7.87. The average molecular weight is 232 g/mol. The quantitative estimate of drug-likeness (QED) is 0.840. The molecule has 78 valence electrons.